The Balaban J connectivity index is 1.68. The molecule has 1 N–H and O–H groups in total. The molecule has 0 radical (unpaired) electrons. The molecule has 8 nitrogen and oxygen atoms in total. The van der Waals surface area contributed by atoms with Gasteiger partial charge in [-0.25, -0.2) is 4.39 Å². The van der Waals surface area contributed by atoms with Crippen molar-refractivity contribution in [1.82, 2.24) is 14.8 Å². The molecule has 0 saturated heterocycles. The van der Waals surface area contributed by atoms with Crippen molar-refractivity contribution >= 4 is 29.0 Å². The van der Waals surface area contributed by atoms with Crippen LogP contribution < -0.4 is 5.32 Å². The van der Waals surface area contributed by atoms with E-state index in [0.29, 0.717) is 34.5 Å². The van der Waals surface area contributed by atoms with Crippen molar-refractivity contribution in [1.29, 1.82) is 0 Å². The van der Waals surface area contributed by atoms with Gasteiger partial charge in [0.15, 0.2) is 5.16 Å². The van der Waals surface area contributed by atoms with Crippen LogP contribution in [0.5, 0.6) is 0 Å². The van der Waals surface area contributed by atoms with Gasteiger partial charge in [0, 0.05) is 29.6 Å². The van der Waals surface area contributed by atoms with Crippen molar-refractivity contribution in [3.05, 3.63) is 75.9 Å². The zero-order chi connectivity index (χ0) is 20.8. The van der Waals surface area contributed by atoms with Crippen LogP contribution >= 0.6 is 11.8 Å². The van der Waals surface area contributed by atoms with Gasteiger partial charge in [0.2, 0.25) is 5.91 Å². The van der Waals surface area contributed by atoms with Crippen molar-refractivity contribution in [3.8, 4) is 0 Å². The summed E-state index contributed by atoms with van der Waals surface area (Å²) >= 11 is 1.32. The molecule has 29 heavy (non-hydrogen) atoms. The molecule has 1 aromatic heterocycles. The molecule has 2 aromatic carbocycles. The minimum Gasteiger partial charge on any atom is -0.326 e. The highest BCUT2D eigenvalue weighted by Crippen LogP contribution is 2.27. The van der Waals surface area contributed by atoms with E-state index in [1.807, 2.05) is 6.92 Å². The van der Waals surface area contributed by atoms with Crippen LogP contribution in [0.25, 0.3) is 0 Å². The van der Waals surface area contributed by atoms with Gasteiger partial charge in [0.25, 0.3) is 5.69 Å². The monoisotopic (exact) mass is 415 g/mol. The van der Waals surface area contributed by atoms with Gasteiger partial charge < -0.3 is 9.88 Å². The Hall–Kier alpha value is -3.27. The molecule has 0 aliphatic rings. The Morgan fingerprint density at radius 2 is 1.93 bits per heavy atom. The van der Waals surface area contributed by atoms with E-state index in [0.717, 1.165) is 0 Å². The number of nitro groups is 1. The maximum atomic E-state index is 13.0. The first-order valence-corrected chi connectivity index (χ1v) is 9.79. The zero-order valence-corrected chi connectivity index (χ0v) is 16.4. The van der Waals surface area contributed by atoms with Gasteiger partial charge in [-0.2, -0.15) is 0 Å². The summed E-state index contributed by atoms with van der Waals surface area (Å²) in [6.45, 7) is 2.45. The van der Waals surface area contributed by atoms with Crippen LogP contribution in [0.2, 0.25) is 0 Å². The van der Waals surface area contributed by atoms with Gasteiger partial charge in [-0.3, -0.25) is 14.9 Å². The van der Waals surface area contributed by atoms with E-state index in [2.05, 4.69) is 15.5 Å². The second-order valence-corrected chi connectivity index (χ2v) is 6.99. The van der Waals surface area contributed by atoms with Gasteiger partial charge in [-0.1, -0.05) is 30.0 Å². The van der Waals surface area contributed by atoms with Gasteiger partial charge in [0.05, 0.1) is 11.3 Å². The maximum absolute atomic E-state index is 13.0. The van der Waals surface area contributed by atoms with Gasteiger partial charge in [-0.05, 0) is 31.2 Å². The molecule has 0 aliphatic heterocycles. The second-order valence-electron chi connectivity index (χ2n) is 6.05. The Morgan fingerprint density at radius 3 is 2.62 bits per heavy atom. The molecule has 10 heteroatoms. The van der Waals surface area contributed by atoms with Crippen LogP contribution in [-0.4, -0.2) is 25.6 Å². The Morgan fingerprint density at radius 1 is 1.21 bits per heavy atom. The molecule has 3 rings (SSSR count). The first-order valence-electron chi connectivity index (χ1n) is 8.80. The molecule has 0 unspecified atom stereocenters. The number of nitrogens with one attached hydrogen (secondary N) is 1. The number of hydrogen-bond donors (Lipinski definition) is 1. The standard InChI is InChI=1S/C19H18FN5O3S/c1-2-24-17(11-18(26)21-15-9-7-14(20)8-10-15)22-23-19(24)29-12-13-5-3-4-6-16(13)25(27)28/h3-10H,2,11-12H2,1H3,(H,21,26). The van der Waals surface area contributed by atoms with Crippen LogP contribution in [0.3, 0.4) is 0 Å². The van der Waals surface area contributed by atoms with Crippen LogP contribution in [0.1, 0.15) is 18.3 Å². The topological polar surface area (TPSA) is 103 Å². The lowest BCUT2D eigenvalue weighted by Gasteiger charge is -2.08. The maximum Gasteiger partial charge on any atom is 0.273 e. The lowest BCUT2D eigenvalue weighted by molar-refractivity contribution is -0.385. The quantitative estimate of drug-likeness (QED) is 0.341. The molecular formula is C19H18FN5O3S. The first kappa shape index (κ1) is 20.5. The van der Waals surface area contributed by atoms with Crippen molar-refractivity contribution in [3.63, 3.8) is 0 Å². The normalized spacial score (nSPS) is 10.7. The third kappa shape index (κ3) is 5.17. The fourth-order valence-corrected chi connectivity index (χ4v) is 3.73. The number of thioether (sulfide) groups is 1. The number of carbonyl (C=O) groups is 1. The number of rotatable bonds is 8. The minimum absolute atomic E-state index is 0.00423. The van der Waals surface area contributed by atoms with Crippen molar-refractivity contribution in [2.75, 3.05) is 5.32 Å². The largest absolute Gasteiger partial charge is 0.326 e. The van der Waals surface area contributed by atoms with Gasteiger partial charge in [0.1, 0.15) is 11.6 Å². The van der Waals surface area contributed by atoms with Crippen molar-refractivity contribution in [2.24, 2.45) is 0 Å². The summed E-state index contributed by atoms with van der Waals surface area (Å²) in [5.74, 6) is 0.164. The molecular weight excluding hydrogens is 397 g/mol. The SMILES string of the molecule is CCn1c(CC(=O)Nc2ccc(F)cc2)nnc1SCc1ccccc1[N+](=O)[O-]. The lowest BCUT2D eigenvalue weighted by Crippen LogP contribution is -2.17. The molecule has 0 aliphatic carbocycles. The Bertz CT molecular complexity index is 1020. The molecule has 1 heterocycles. The fourth-order valence-electron chi connectivity index (χ4n) is 2.71. The molecule has 0 spiro atoms. The average Bonchev–Trinajstić information content (AvgIpc) is 3.09. The Kier molecular flexibility index (Phi) is 6.55. The zero-order valence-electron chi connectivity index (χ0n) is 15.5. The highest BCUT2D eigenvalue weighted by molar-refractivity contribution is 7.98. The van der Waals surface area contributed by atoms with Crippen LogP contribution in [0.15, 0.2) is 53.7 Å². The molecule has 0 fully saturated rings. The number of para-hydroxylation sites is 1. The van der Waals surface area contributed by atoms with E-state index in [-0.39, 0.29) is 23.8 Å². The predicted molar refractivity (Wildman–Crippen MR) is 107 cm³/mol. The third-order valence-electron chi connectivity index (χ3n) is 4.10. The molecule has 0 saturated carbocycles. The smallest absolute Gasteiger partial charge is 0.273 e. The summed E-state index contributed by atoms with van der Waals surface area (Å²) in [6, 6.07) is 12.0. The number of amides is 1. The molecule has 3 aromatic rings. The summed E-state index contributed by atoms with van der Waals surface area (Å²) < 4.78 is 14.8. The van der Waals surface area contributed by atoms with E-state index < -0.39 is 4.92 Å². The summed E-state index contributed by atoms with van der Waals surface area (Å²) in [5, 5.41) is 22.6. The number of anilines is 1. The van der Waals surface area contributed by atoms with Gasteiger partial charge >= 0.3 is 0 Å². The van der Waals surface area contributed by atoms with E-state index in [1.54, 1.807) is 22.8 Å². The molecule has 0 atom stereocenters. The number of hydrogen-bond acceptors (Lipinski definition) is 6. The van der Waals surface area contributed by atoms with E-state index >= 15 is 0 Å². The number of benzene rings is 2. The predicted octanol–water partition coefficient (Wildman–Crippen LogP) is 3.82. The highest BCUT2D eigenvalue weighted by Gasteiger charge is 2.17. The fraction of sp³-hybridized carbons (Fsp3) is 0.211. The van der Waals surface area contributed by atoms with E-state index in [1.165, 1.54) is 42.1 Å². The van der Waals surface area contributed by atoms with E-state index in [9.17, 15) is 19.3 Å². The number of nitro benzene ring substituents is 1. The lowest BCUT2D eigenvalue weighted by atomic mass is 10.2. The minimum atomic E-state index is -0.411. The highest BCUT2D eigenvalue weighted by atomic mass is 32.2. The van der Waals surface area contributed by atoms with Gasteiger partial charge in [-0.15, -0.1) is 10.2 Å². The van der Waals surface area contributed by atoms with Crippen LogP contribution in [0, 0.1) is 15.9 Å². The number of halogens is 1. The summed E-state index contributed by atoms with van der Waals surface area (Å²) in [4.78, 5) is 23.0. The van der Waals surface area contributed by atoms with Crippen LogP contribution in [-0.2, 0) is 23.5 Å². The molecule has 1 amide bonds. The average molecular weight is 415 g/mol. The first-order chi connectivity index (χ1) is 14.0. The summed E-state index contributed by atoms with van der Waals surface area (Å²) in [6.07, 6.45) is 0.00423. The number of carbonyl (C=O) groups excluding carboxylic acids is 1. The Labute approximate surface area is 170 Å². The van der Waals surface area contributed by atoms with Crippen LogP contribution in [0.4, 0.5) is 15.8 Å². The van der Waals surface area contributed by atoms with Crippen molar-refractivity contribution < 1.29 is 14.1 Å². The van der Waals surface area contributed by atoms with E-state index in [4.69, 9.17) is 0 Å². The summed E-state index contributed by atoms with van der Waals surface area (Å²) in [5.41, 5.74) is 1.13. The third-order valence-corrected chi connectivity index (χ3v) is 5.12. The molecule has 0 bridgehead atoms. The number of aromatic nitrogens is 3. The second kappa shape index (κ2) is 9.28. The summed E-state index contributed by atoms with van der Waals surface area (Å²) in [7, 11) is 0. The van der Waals surface area contributed by atoms with Crippen molar-refractivity contribution in [2.45, 2.75) is 30.8 Å². The number of nitrogens with zero attached hydrogens (tertiary/aromatic N) is 4. The molecule has 150 valence electrons.